The van der Waals surface area contributed by atoms with Crippen LogP contribution in [0, 0.1) is 11.2 Å². The first-order valence-electron chi connectivity index (χ1n) is 10.3. The minimum absolute atomic E-state index is 0.0365. The van der Waals surface area contributed by atoms with E-state index in [4.69, 9.17) is 0 Å². The van der Waals surface area contributed by atoms with Crippen LogP contribution in [0.15, 0.2) is 60.8 Å². The Labute approximate surface area is 181 Å². The molecule has 0 bridgehead atoms. The number of hydrogen-bond acceptors (Lipinski definition) is 3. The standard InChI is InChI=1S/C25H25FN4O/c1-5-16-10-11-17(14-21(16)28-24(31)25(2,3)4)22-15-30-23(27-22)13-12-20(29-30)18-8-6-7-9-19(18)26/h6-15H,5H2,1-4H3,(H,28,31). The van der Waals surface area contributed by atoms with Crippen LogP contribution in [-0.2, 0) is 11.2 Å². The number of rotatable bonds is 4. The predicted molar refractivity (Wildman–Crippen MR) is 121 cm³/mol. The number of amides is 1. The van der Waals surface area contributed by atoms with Gasteiger partial charge in [0, 0.05) is 22.2 Å². The summed E-state index contributed by atoms with van der Waals surface area (Å²) in [6.45, 7) is 7.72. The van der Waals surface area contributed by atoms with E-state index >= 15 is 0 Å². The van der Waals surface area contributed by atoms with Gasteiger partial charge in [0.05, 0.1) is 17.6 Å². The molecule has 2 aromatic carbocycles. The third-order valence-corrected chi connectivity index (χ3v) is 5.19. The number of aromatic nitrogens is 3. The number of aryl methyl sites for hydroxylation is 1. The van der Waals surface area contributed by atoms with Crippen LogP contribution in [0.3, 0.4) is 0 Å². The lowest BCUT2D eigenvalue weighted by Gasteiger charge is -2.19. The number of halogens is 1. The van der Waals surface area contributed by atoms with Gasteiger partial charge >= 0.3 is 0 Å². The van der Waals surface area contributed by atoms with Gasteiger partial charge in [0.2, 0.25) is 5.91 Å². The molecule has 0 fully saturated rings. The molecule has 1 amide bonds. The number of imidazole rings is 1. The molecule has 2 heterocycles. The molecular formula is C25H25FN4O. The van der Waals surface area contributed by atoms with Gasteiger partial charge in [-0.15, -0.1) is 0 Å². The molecule has 2 aromatic heterocycles. The van der Waals surface area contributed by atoms with Crippen LogP contribution >= 0.6 is 0 Å². The van der Waals surface area contributed by atoms with E-state index in [-0.39, 0.29) is 11.7 Å². The van der Waals surface area contributed by atoms with Crippen LogP contribution in [0.25, 0.3) is 28.2 Å². The van der Waals surface area contributed by atoms with E-state index in [1.807, 2.05) is 51.2 Å². The van der Waals surface area contributed by atoms with Gasteiger partial charge in [-0.3, -0.25) is 4.79 Å². The van der Waals surface area contributed by atoms with E-state index in [0.717, 1.165) is 28.9 Å². The fourth-order valence-electron chi connectivity index (χ4n) is 3.30. The summed E-state index contributed by atoms with van der Waals surface area (Å²) in [5, 5.41) is 7.59. The third kappa shape index (κ3) is 4.19. The molecule has 0 unspecified atom stereocenters. The highest BCUT2D eigenvalue weighted by molar-refractivity contribution is 5.95. The lowest BCUT2D eigenvalue weighted by Crippen LogP contribution is -2.28. The van der Waals surface area contributed by atoms with Gasteiger partial charge in [-0.1, -0.05) is 52.0 Å². The van der Waals surface area contributed by atoms with E-state index in [2.05, 4.69) is 22.3 Å². The number of carbonyl (C=O) groups is 1. The summed E-state index contributed by atoms with van der Waals surface area (Å²) in [4.78, 5) is 17.2. The summed E-state index contributed by atoms with van der Waals surface area (Å²) in [5.41, 5.74) is 4.61. The topological polar surface area (TPSA) is 59.3 Å². The third-order valence-electron chi connectivity index (χ3n) is 5.19. The Morgan fingerprint density at radius 2 is 1.84 bits per heavy atom. The van der Waals surface area contributed by atoms with Crippen molar-refractivity contribution in [2.45, 2.75) is 34.1 Å². The van der Waals surface area contributed by atoms with Gasteiger partial charge in [0.25, 0.3) is 0 Å². The number of benzene rings is 2. The highest BCUT2D eigenvalue weighted by Gasteiger charge is 2.22. The number of fused-ring (bicyclic) bond motifs is 1. The van der Waals surface area contributed by atoms with Crippen LogP contribution in [0.2, 0.25) is 0 Å². The normalized spacial score (nSPS) is 11.6. The van der Waals surface area contributed by atoms with Gasteiger partial charge < -0.3 is 5.32 Å². The molecule has 6 heteroatoms. The predicted octanol–water partition coefficient (Wildman–Crippen LogP) is 5.75. The average molecular weight is 417 g/mol. The second-order valence-corrected chi connectivity index (χ2v) is 8.56. The summed E-state index contributed by atoms with van der Waals surface area (Å²) < 4.78 is 15.8. The van der Waals surface area contributed by atoms with Crippen molar-refractivity contribution >= 4 is 17.2 Å². The summed E-state index contributed by atoms with van der Waals surface area (Å²) in [5.74, 6) is -0.352. The molecule has 31 heavy (non-hydrogen) atoms. The van der Waals surface area contributed by atoms with E-state index in [1.165, 1.54) is 6.07 Å². The number of carbonyl (C=O) groups excluding carboxylic acids is 1. The lowest BCUT2D eigenvalue weighted by molar-refractivity contribution is -0.123. The van der Waals surface area contributed by atoms with E-state index in [1.54, 1.807) is 28.8 Å². The minimum atomic E-state index is -0.489. The molecule has 4 aromatic rings. The van der Waals surface area contributed by atoms with Crippen LogP contribution in [0.4, 0.5) is 10.1 Å². The molecule has 0 radical (unpaired) electrons. The highest BCUT2D eigenvalue weighted by atomic mass is 19.1. The van der Waals surface area contributed by atoms with Crippen LogP contribution in [0.1, 0.15) is 33.3 Å². The van der Waals surface area contributed by atoms with Crippen molar-refractivity contribution in [1.82, 2.24) is 14.6 Å². The summed E-state index contributed by atoms with van der Waals surface area (Å²) in [6.07, 6.45) is 2.62. The van der Waals surface area contributed by atoms with Gasteiger partial charge in [0.1, 0.15) is 5.82 Å². The number of anilines is 1. The molecule has 0 aliphatic heterocycles. The monoisotopic (exact) mass is 416 g/mol. The lowest BCUT2D eigenvalue weighted by atomic mass is 9.95. The Hall–Kier alpha value is -3.54. The van der Waals surface area contributed by atoms with Crippen molar-refractivity contribution in [2.75, 3.05) is 5.32 Å². The van der Waals surface area contributed by atoms with Crippen molar-refractivity contribution < 1.29 is 9.18 Å². The molecule has 0 atom stereocenters. The Balaban J connectivity index is 1.72. The maximum absolute atomic E-state index is 14.2. The molecule has 1 N–H and O–H groups in total. The SMILES string of the molecule is CCc1ccc(-c2cn3nc(-c4ccccc4F)ccc3n2)cc1NC(=O)C(C)(C)C. The zero-order valence-electron chi connectivity index (χ0n) is 18.1. The fourth-order valence-corrected chi connectivity index (χ4v) is 3.30. The second-order valence-electron chi connectivity index (χ2n) is 8.56. The first kappa shape index (κ1) is 20.7. The Bertz CT molecular complexity index is 1270. The summed E-state index contributed by atoms with van der Waals surface area (Å²) in [7, 11) is 0. The van der Waals surface area contributed by atoms with Crippen molar-refractivity contribution in [3.8, 4) is 22.5 Å². The van der Waals surface area contributed by atoms with E-state index in [0.29, 0.717) is 16.9 Å². The van der Waals surface area contributed by atoms with Crippen molar-refractivity contribution in [3.63, 3.8) is 0 Å². The molecule has 0 saturated carbocycles. The largest absolute Gasteiger partial charge is 0.325 e. The average Bonchev–Trinajstić information content (AvgIpc) is 3.16. The molecule has 0 saturated heterocycles. The second kappa shape index (κ2) is 7.95. The van der Waals surface area contributed by atoms with Gasteiger partial charge in [-0.2, -0.15) is 5.10 Å². The molecule has 0 aliphatic rings. The Morgan fingerprint density at radius 3 is 2.55 bits per heavy atom. The zero-order valence-corrected chi connectivity index (χ0v) is 18.1. The molecule has 0 spiro atoms. The highest BCUT2D eigenvalue weighted by Crippen LogP contribution is 2.28. The Kier molecular flexibility index (Phi) is 5.31. The maximum Gasteiger partial charge on any atom is 0.229 e. The molecular weight excluding hydrogens is 391 g/mol. The van der Waals surface area contributed by atoms with E-state index in [9.17, 15) is 9.18 Å². The van der Waals surface area contributed by atoms with Gasteiger partial charge in [-0.05, 0) is 42.3 Å². The number of nitrogens with one attached hydrogen (secondary N) is 1. The van der Waals surface area contributed by atoms with Crippen LogP contribution < -0.4 is 5.32 Å². The smallest absolute Gasteiger partial charge is 0.229 e. The van der Waals surface area contributed by atoms with Crippen LogP contribution in [-0.4, -0.2) is 20.5 Å². The first-order valence-corrected chi connectivity index (χ1v) is 10.3. The minimum Gasteiger partial charge on any atom is -0.325 e. The molecule has 0 aliphatic carbocycles. The molecule has 4 rings (SSSR count). The van der Waals surface area contributed by atoms with Crippen molar-refractivity contribution in [3.05, 3.63) is 72.2 Å². The molecule has 158 valence electrons. The number of nitrogens with zero attached hydrogens (tertiary/aromatic N) is 3. The van der Waals surface area contributed by atoms with Gasteiger partial charge in [-0.25, -0.2) is 13.9 Å². The summed E-state index contributed by atoms with van der Waals surface area (Å²) in [6, 6.07) is 16.1. The van der Waals surface area contributed by atoms with Gasteiger partial charge in [0.15, 0.2) is 5.65 Å². The van der Waals surface area contributed by atoms with Crippen molar-refractivity contribution in [2.24, 2.45) is 5.41 Å². The summed E-state index contributed by atoms with van der Waals surface area (Å²) >= 11 is 0. The zero-order chi connectivity index (χ0) is 22.2. The quantitative estimate of drug-likeness (QED) is 0.461. The number of hydrogen-bond donors (Lipinski definition) is 1. The molecule has 5 nitrogen and oxygen atoms in total. The maximum atomic E-state index is 14.2. The first-order chi connectivity index (χ1) is 14.8. The van der Waals surface area contributed by atoms with E-state index < -0.39 is 5.41 Å². The van der Waals surface area contributed by atoms with Crippen molar-refractivity contribution in [1.29, 1.82) is 0 Å². The van der Waals surface area contributed by atoms with Crippen LogP contribution in [0.5, 0.6) is 0 Å². The fraction of sp³-hybridized carbons (Fsp3) is 0.240. The Morgan fingerprint density at radius 1 is 1.06 bits per heavy atom.